The van der Waals surface area contributed by atoms with Crippen molar-refractivity contribution in [3.8, 4) is 0 Å². The Kier molecular flexibility index (Phi) is 5.23. The molecule has 28 heavy (non-hydrogen) atoms. The van der Waals surface area contributed by atoms with Gasteiger partial charge in [0.1, 0.15) is 6.10 Å². The minimum Gasteiger partial charge on any atom is -0.462 e. The summed E-state index contributed by atoms with van der Waals surface area (Å²) < 4.78 is 11.5. The molecule has 4 aliphatic carbocycles. The van der Waals surface area contributed by atoms with E-state index in [4.69, 9.17) is 17.3 Å². The van der Waals surface area contributed by atoms with Crippen LogP contribution in [0.2, 0.25) is 5.82 Å². The minimum atomic E-state index is -0.443. The lowest BCUT2D eigenvalue weighted by atomic mass is 9.47. The first-order valence-corrected chi connectivity index (χ1v) is 11.1. The first-order valence-electron chi connectivity index (χ1n) is 11.1. The molecule has 0 aromatic carbocycles. The minimum absolute atomic E-state index is 0.140. The fourth-order valence-electron chi connectivity index (χ4n) is 7.32. The predicted molar refractivity (Wildman–Crippen MR) is 109 cm³/mol. The first kappa shape index (κ1) is 20.5. The molecule has 1 N–H and O–H groups in total. The maximum atomic E-state index is 12.0. The molecule has 0 aromatic rings. The molecule has 0 aliphatic heterocycles. The summed E-state index contributed by atoms with van der Waals surface area (Å²) in [6, 6.07) is 0. The van der Waals surface area contributed by atoms with Crippen LogP contribution in [0.1, 0.15) is 65.7 Å². The molecule has 3 saturated carbocycles. The molecule has 9 atom stereocenters. The second kappa shape index (κ2) is 7.16. The van der Waals surface area contributed by atoms with E-state index in [0.717, 1.165) is 38.5 Å². The van der Waals surface area contributed by atoms with Gasteiger partial charge in [0.2, 0.25) is 0 Å². The average Bonchev–Trinajstić information content (AvgIpc) is 2.92. The van der Waals surface area contributed by atoms with Crippen LogP contribution in [0.5, 0.6) is 0 Å². The quantitative estimate of drug-likeness (QED) is 0.455. The van der Waals surface area contributed by atoms with Crippen molar-refractivity contribution < 1.29 is 19.4 Å². The highest BCUT2D eigenvalue weighted by Gasteiger charge is 2.63. The number of aliphatic hydroxyl groups is 1. The molecule has 4 nitrogen and oxygen atoms in total. The third kappa shape index (κ3) is 2.91. The monoisotopic (exact) mass is 386 g/mol. The van der Waals surface area contributed by atoms with E-state index in [1.54, 1.807) is 7.11 Å². The van der Waals surface area contributed by atoms with Crippen molar-refractivity contribution >= 4 is 13.8 Å². The largest absolute Gasteiger partial charge is 0.462 e. The maximum Gasteiger partial charge on any atom is 0.305 e. The van der Waals surface area contributed by atoms with Crippen LogP contribution in [-0.4, -0.2) is 44.3 Å². The highest BCUT2D eigenvalue weighted by atomic mass is 16.5. The molecule has 2 radical (unpaired) electrons. The summed E-state index contributed by atoms with van der Waals surface area (Å²) in [6.45, 7) is 6.47. The second-order valence-corrected chi connectivity index (χ2v) is 10.2. The molecular formula is C23H35BO4. The lowest BCUT2D eigenvalue weighted by Crippen LogP contribution is -2.55. The molecule has 4 rings (SSSR count). The number of carbonyl (C=O) groups is 1. The van der Waals surface area contributed by atoms with Crippen LogP contribution in [-0.2, 0) is 14.3 Å². The highest BCUT2D eigenvalue weighted by molar-refractivity contribution is 6.12. The summed E-state index contributed by atoms with van der Waals surface area (Å²) in [5.41, 5.74) is 1.39. The van der Waals surface area contributed by atoms with Crippen LogP contribution in [0, 0.1) is 28.6 Å². The van der Waals surface area contributed by atoms with Crippen LogP contribution >= 0.6 is 0 Å². The Hall–Kier alpha value is -0.805. The number of aliphatic hydroxyl groups excluding tert-OH is 1. The Morgan fingerprint density at radius 1 is 1.29 bits per heavy atom. The van der Waals surface area contributed by atoms with Gasteiger partial charge in [-0.15, -0.1) is 0 Å². The van der Waals surface area contributed by atoms with Gasteiger partial charge in [-0.2, -0.15) is 0 Å². The molecule has 0 bridgehead atoms. The van der Waals surface area contributed by atoms with E-state index in [2.05, 4.69) is 19.9 Å². The maximum absolute atomic E-state index is 12.0. The lowest BCUT2D eigenvalue weighted by Gasteiger charge is -2.59. The smallest absolute Gasteiger partial charge is 0.305 e. The summed E-state index contributed by atoms with van der Waals surface area (Å²) in [4.78, 5) is 12.0. The van der Waals surface area contributed by atoms with E-state index in [-0.39, 0.29) is 40.7 Å². The molecule has 0 amide bonds. The standard InChI is InChI=1S/C23H35BO4/c1-5-19(26)28-21-17(24)12-16-20-15(7-9-23(16,21)3)22(2)8-6-14(27-4)10-13(22)11-18(20)25/h11,14-18,20-21,25H,5-10,12H2,1-4H3/t14-,15?,16?,17+,18-,20?,21?,22-,23-/m0/s1. The van der Waals surface area contributed by atoms with Crippen LogP contribution in [0.15, 0.2) is 11.6 Å². The van der Waals surface area contributed by atoms with E-state index in [9.17, 15) is 9.90 Å². The number of esters is 1. The number of ether oxygens (including phenoxy) is 2. The Balaban J connectivity index is 1.65. The van der Waals surface area contributed by atoms with Crippen molar-refractivity contribution in [1.29, 1.82) is 0 Å². The van der Waals surface area contributed by atoms with Crippen LogP contribution < -0.4 is 0 Å². The lowest BCUT2D eigenvalue weighted by molar-refractivity contribution is -0.161. The first-order chi connectivity index (χ1) is 13.2. The molecule has 0 aromatic heterocycles. The molecule has 0 heterocycles. The fourth-order valence-corrected chi connectivity index (χ4v) is 7.32. The summed E-state index contributed by atoms with van der Waals surface area (Å²) in [7, 11) is 8.30. The number of carbonyl (C=O) groups excluding carboxylic acids is 1. The fraction of sp³-hybridized carbons (Fsp3) is 0.870. The number of hydrogen-bond acceptors (Lipinski definition) is 4. The van der Waals surface area contributed by atoms with E-state index in [0.29, 0.717) is 18.3 Å². The molecule has 5 heteroatoms. The Morgan fingerprint density at radius 3 is 2.71 bits per heavy atom. The van der Waals surface area contributed by atoms with Crippen molar-refractivity contribution in [2.75, 3.05) is 7.11 Å². The predicted octanol–water partition coefficient (Wildman–Crippen LogP) is 3.82. The van der Waals surface area contributed by atoms with Gasteiger partial charge in [0.05, 0.1) is 20.1 Å². The van der Waals surface area contributed by atoms with Crippen LogP contribution in [0.4, 0.5) is 0 Å². The van der Waals surface area contributed by atoms with E-state index in [1.165, 1.54) is 5.57 Å². The summed E-state index contributed by atoms with van der Waals surface area (Å²) >= 11 is 0. The molecule has 0 spiro atoms. The van der Waals surface area contributed by atoms with Crippen molar-refractivity contribution in [2.24, 2.45) is 28.6 Å². The highest BCUT2D eigenvalue weighted by Crippen LogP contribution is 2.66. The Morgan fingerprint density at radius 2 is 2.04 bits per heavy atom. The van der Waals surface area contributed by atoms with Crippen LogP contribution in [0.3, 0.4) is 0 Å². The number of fused-ring (bicyclic) bond motifs is 5. The molecule has 4 aliphatic rings. The number of hydrogen-bond donors (Lipinski definition) is 1. The van der Waals surface area contributed by atoms with Gasteiger partial charge >= 0.3 is 5.97 Å². The summed E-state index contributed by atoms with van der Waals surface area (Å²) in [5, 5.41) is 11.2. The van der Waals surface area contributed by atoms with E-state index in [1.807, 2.05) is 6.92 Å². The van der Waals surface area contributed by atoms with Gasteiger partial charge in [-0.25, -0.2) is 0 Å². The van der Waals surface area contributed by atoms with E-state index >= 15 is 0 Å². The van der Waals surface area contributed by atoms with Gasteiger partial charge in [0, 0.05) is 18.9 Å². The van der Waals surface area contributed by atoms with Crippen LogP contribution in [0.25, 0.3) is 0 Å². The topological polar surface area (TPSA) is 55.8 Å². The Labute approximate surface area is 170 Å². The number of methoxy groups -OCH3 is 1. The van der Waals surface area contributed by atoms with Crippen molar-refractivity contribution in [2.45, 2.75) is 89.8 Å². The van der Waals surface area contributed by atoms with Gasteiger partial charge in [0.15, 0.2) is 0 Å². The molecule has 154 valence electrons. The molecule has 3 fully saturated rings. The Bertz CT molecular complexity index is 663. The zero-order valence-corrected chi connectivity index (χ0v) is 17.8. The molecule has 4 unspecified atom stereocenters. The number of rotatable bonds is 3. The van der Waals surface area contributed by atoms with Crippen molar-refractivity contribution in [3.63, 3.8) is 0 Å². The SMILES string of the molecule is [B][C@@H]1CC2C3C(CC[C@]2(C)C1OC(=O)CC)[C@@]1(C)CC[C@H](OC)CC1=C[C@@H]3O. The molecular weight excluding hydrogens is 351 g/mol. The zero-order valence-electron chi connectivity index (χ0n) is 17.8. The van der Waals surface area contributed by atoms with Gasteiger partial charge in [-0.1, -0.05) is 38.8 Å². The summed E-state index contributed by atoms with van der Waals surface area (Å²) in [6.07, 6.45) is 8.15. The van der Waals surface area contributed by atoms with Crippen molar-refractivity contribution in [1.82, 2.24) is 0 Å². The van der Waals surface area contributed by atoms with Gasteiger partial charge < -0.3 is 14.6 Å². The van der Waals surface area contributed by atoms with E-state index < -0.39 is 6.10 Å². The second-order valence-electron chi connectivity index (χ2n) is 10.2. The van der Waals surface area contributed by atoms with Crippen molar-refractivity contribution in [3.05, 3.63) is 11.6 Å². The van der Waals surface area contributed by atoms with Gasteiger partial charge in [0.25, 0.3) is 0 Å². The third-order valence-corrected chi connectivity index (χ3v) is 8.97. The van der Waals surface area contributed by atoms with Gasteiger partial charge in [-0.05, 0) is 61.1 Å². The third-order valence-electron chi connectivity index (χ3n) is 8.97. The van der Waals surface area contributed by atoms with Gasteiger partial charge in [-0.3, -0.25) is 4.79 Å². The zero-order chi connectivity index (χ0) is 20.3. The average molecular weight is 386 g/mol. The molecule has 0 saturated heterocycles. The summed E-state index contributed by atoms with van der Waals surface area (Å²) in [5.74, 6) is 0.648. The normalized spacial score (nSPS) is 50.2.